The van der Waals surface area contributed by atoms with Crippen LogP contribution >= 0.6 is 0 Å². The van der Waals surface area contributed by atoms with Crippen molar-refractivity contribution in [2.24, 2.45) is 0 Å². The zero-order chi connectivity index (χ0) is 18.7. The Morgan fingerprint density at radius 2 is 1.85 bits per heavy atom. The third-order valence-corrected chi connectivity index (χ3v) is 4.61. The molecular formula is C21H24N2O3. The highest BCUT2D eigenvalue weighted by Crippen LogP contribution is 2.33. The summed E-state index contributed by atoms with van der Waals surface area (Å²) < 4.78 is 5.63. The summed E-state index contributed by atoms with van der Waals surface area (Å²) in [5, 5.41) is 0. The zero-order valence-electron chi connectivity index (χ0n) is 15.4. The van der Waals surface area contributed by atoms with Gasteiger partial charge in [-0.15, -0.1) is 0 Å². The third-order valence-electron chi connectivity index (χ3n) is 4.61. The lowest BCUT2D eigenvalue weighted by atomic mass is 10.1. The fraction of sp³-hybridized carbons (Fsp3) is 0.333. The van der Waals surface area contributed by atoms with Crippen LogP contribution in [0.25, 0.3) is 0 Å². The topological polar surface area (TPSA) is 49.9 Å². The SMILES string of the molecule is CCOc1ccccc1N(CC(=O)N1c2ccccc2CC1C)C(C)=O. The Labute approximate surface area is 154 Å². The highest BCUT2D eigenvalue weighted by molar-refractivity contribution is 6.04. The summed E-state index contributed by atoms with van der Waals surface area (Å²) in [6.07, 6.45) is 0.831. The van der Waals surface area contributed by atoms with Gasteiger partial charge in [-0.3, -0.25) is 14.5 Å². The summed E-state index contributed by atoms with van der Waals surface area (Å²) in [7, 11) is 0. The van der Waals surface area contributed by atoms with E-state index in [1.165, 1.54) is 11.8 Å². The highest BCUT2D eigenvalue weighted by atomic mass is 16.5. The molecule has 0 saturated carbocycles. The number of amides is 2. The first kappa shape index (κ1) is 18.0. The number of hydrogen-bond donors (Lipinski definition) is 0. The van der Waals surface area contributed by atoms with Gasteiger partial charge in [0.2, 0.25) is 11.8 Å². The van der Waals surface area contributed by atoms with E-state index in [4.69, 9.17) is 4.74 Å². The standard InChI is InChI=1S/C21H24N2O3/c1-4-26-20-12-8-7-11-19(20)22(16(3)24)14-21(25)23-15(2)13-17-9-5-6-10-18(17)23/h5-12,15H,4,13-14H2,1-3H3. The third kappa shape index (κ3) is 3.43. The maximum atomic E-state index is 13.1. The number of nitrogens with zero attached hydrogens (tertiary/aromatic N) is 2. The average Bonchev–Trinajstić information content (AvgIpc) is 2.96. The second-order valence-electron chi connectivity index (χ2n) is 6.45. The summed E-state index contributed by atoms with van der Waals surface area (Å²) >= 11 is 0. The minimum absolute atomic E-state index is 0.0158. The minimum atomic E-state index is -0.189. The molecule has 0 N–H and O–H groups in total. The Balaban J connectivity index is 1.88. The van der Waals surface area contributed by atoms with Crippen LogP contribution in [-0.2, 0) is 16.0 Å². The van der Waals surface area contributed by atoms with E-state index in [-0.39, 0.29) is 24.4 Å². The fourth-order valence-electron chi connectivity index (χ4n) is 3.48. The molecule has 0 bridgehead atoms. The number of para-hydroxylation sites is 3. The van der Waals surface area contributed by atoms with Crippen LogP contribution in [0.1, 0.15) is 26.3 Å². The summed E-state index contributed by atoms with van der Waals surface area (Å²) in [5.41, 5.74) is 2.72. The van der Waals surface area contributed by atoms with E-state index < -0.39 is 0 Å². The second kappa shape index (κ2) is 7.60. The Morgan fingerprint density at radius 3 is 2.58 bits per heavy atom. The smallest absolute Gasteiger partial charge is 0.247 e. The molecule has 0 radical (unpaired) electrons. The van der Waals surface area contributed by atoms with Gasteiger partial charge in [0.25, 0.3) is 0 Å². The lowest BCUT2D eigenvalue weighted by molar-refractivity contribution is -0.121. The Kier molecular flexibility index (Phi) is 5.26. The molecule has 0 saturated heterocycles. The van der Waals surface area contributed by atoms with Crippen molar-refractivity contribution in [3.8, 4) is 5.75 Å². The van der Waals surface area contributed by atoms with Gasteiger partial charge < -0.3 is 9.64 Å². The van der Waals surface area contributed by atoms with Crippen LogP contribution in [0.3, 0.4) is 0 Å². The molecule has 1 unspecified atom stereocenters. The molecule has 5 heteroatoms. The molecule has 2 amide bonds. The van der Waals surface area contributed by atoms with Gasteiger partial charge in [0, 0.05) is 18.7 Å². The van der Waals surface area contributed by atoms with E-state index in [0.717, 1.165) is 17.7 Å². The fourth-order valence-corrected chi connectivity index (χ4v) is 3.48. The molecule has 1 atom stereocenters. The van der Waals surface area contributed by atoms with Gasteiger partial charge in [-0.25, -0.2) is 0 Å². The number of hydrogen-bond acceptors (Lipinski definition) is 3. The van der Waals surface area contributed by atoms with E-state index in [1.54, 1.807) is 11.0 Å². The number of fused-ring (bicyclic) bond motifs is 1. The van der Waals surface area contributed by atoms with Crippen molar-refractivity contribution in [3.05, 3.63) is 54.1 Å². The van der Waals surface area contributed by atoms with Crippen molar-refractivity contribution in [1.82, 2.24) is 0 Å². The Morgan fingerprint density at radius 1 is 1.15 bits per heavy atom. The molecular weight excluding hydrogens is 328 g/mol. The van der Waals surface area contributed by atoms with E-state index in [2.05, 4.69) is 0 Å². The number of anilines is 2. The number of benzene rings is 2. The number of ether oxygens (including phenoxy) is 1. The minimum Gasteiger partial charge on any atom is -0.492 e. The predicted molar refractivity (Wildman–Crippen MR) is 103 cm³/mol. The largest absolute Gasteiger partial charge is 0.492 e. The second-order valence-corrected chi connectivity index (χ2v) is 6.45. The van der Waals surface area contributed by atoms with Crippen molar-refractivity contribution in [2.45, 2.75) is 33.2 Å². The van der Waals surface area contributed by atoms with Crippen molar-refractivity contribution < 1.29 is 14.3 Å². The van der Waals surface area contributed by atoms with E-state index in [1.807, 2.05) is 56.3 Å². The lowest BCUT2D eigenvalue weighted by Crippen LogP contribution is -2.44. The van der Waals surface area contributed by atoms with Gasteiger partial charge >= 0.3 is 0 Å². The first-order chi connectivity index (χ1) is 12.5. The Hall–Kier alpha value is -2.82. The number of carbonyl (C=O) groups is 2. The van der Waals surface area contributed by atoms with Crippen LogP contribution in [0.15, 0.2) is 48.5 Å². The summed E-state index contributed by atoms with van der Waals surface area (Å²) in [5.74, 6) is 0.322. The summed E-state index contributed by atoms with van der Waals surface area (Å²) in [6.45, 7) is 5.87. The molecule has 2 aromatic rings. The van der Waals surface area contributed by atoms with Crippen LogP contribution in [-0.4, -0.2) is 31.0 Å². The maximum absolute atomic E-state index is 13.1. The zero-order valence-corrected chi connectivity index (χ0v) is 15.4. The molecule has 2 aromatic carbocycles. The first-order valence-corrected chi connectivity index (χ1v) is 8.92. The van der Waals surface area contributed by atoms with Crippen molar-refractivity contribution in [1.29, 1.82) is 0 Å². The van der Waals surface area contributed by atoms with Crippen LogP contribution in [0, 0.1) is 0 Å². The van der Waals surface area contributed by atoms with Crippen LogP contribution < -0.4 is 14.5 Å². The van der Waals surface area contributed by atoms with Gasteiger partial charge in [-0.2, -0.15) is 0 Å². The monoisotopic (exact) mass is 352 g/mol. The van der Waals surface area contributed by atoms with E-state index >= 15 is 0 Å². The molecule has 5 nitrogen and oxygen atoms in total. The van der Waals surface area contributed by atoms with Gasteiger partial charge in [-0.05, 0) is 44.0 Å². The molecule has 3 rings (SSSR count). The molecule has 0 aliphatic carbocycles. The average molecular weight is 352 g/mol. The molecule has 1 aliphatic rings. The molecule has 136 valence electrons. The van der Waals surface area contributed by atoms with E-state index in [0.29, 0.717) is 18.0 Å². The lowest BCUT2D eigenvalue weighted by Gasteiger charge is -2.28. The quantitative estimate of drug-likeness (QED) is 0.828. The van der Waals surface area contributed by atoms with Crippen LogP contribution in [0.4, 0.5) is 11.4 Å². The molecule has 1 aliphatic heterocycles. The molecule has 26 heavy (non-hydrogen) atoms. The van der Waals surface area contributed by atoms with Crippen LogP contribution in [0.2, 0.25) is 0 Å². The van der Waals surface area contributed by atoms with Crippen molar-refractivity contribution in [2.75, 3.05) is 23.0 Å². The van der Waals surface area contributed by atoms with Crippen molar-refractivity contribution >= 4 is 23.2 Å². The molecule has 0 fully saturated rings. The molecule has 0 aromatic heterocycles. The number of rotatable bonds is 5. The Bertz CT molecular complexity index is 818. The predicted octanol–water partition coefficient (Wildman–Crippen LogP) is 3.42. The van der Waals surface area contributed by atoms with Crippen LogP contribution in [0.5, 0.6) is 5.75 Å². The van der Waals surface area contributed by atoms with Gasteiger partial charge in [0.15, 0.2) is 0 Å². The maximum Gasteiger partial charge on any atom is 0.247 e. The highest BCUT2D eigenvalue weighted by Gasteiger charge is 2.32. The first-order valence-electron chi connectivity index (χ1n) is 8.92. The summed E-state index contributed by atoms with van der Waals surface area (Å²) in [6, 6.07) is 15.3. The van der Waals surface area contributed by atoms with Crippen molar-refractivity contribution in [3.63, 3.8) is 0 Å². The van der Waals surface area contributed by atoms with E-state index in [9.17, 15) is 9.59 Å². The van der Waals surface area contributed by atoms with Gasteiger partial charge in [0.05, 0.1) is 12.3 Å². The summed E-state index contributed by atoms with van der Waals surface area (Å²) in [4.78, 5) is 28.6. The number of carbonyl (C=O) groups excluding carboxylic acids is 2. The molecule has 0 spiro atoms. The normalized spacial score (nSPS) is 15.5. The van der Waals surface area contributed by atoms with Gasteiger partial charge in [-0.1, -0.05) is 30.3 Å². The van der Waals surface area contributed by atoms with Gasteiger partial charge in [0.1, 0.15) is 12.3 Å². The molecule has 1 heterocycles.